The topological polar surface area (TPSA) is 12.5 Å². The van der Waals surface area contributed by atoms with E-state index < -0.39 is 6.17 Å². The molecule has 3 atom stereocenters. The molecule has 0 amide bonds. The van der Waals surface area contributed by atoms with Crippen LogP contribution in [-0.2, 0) is 4.74 Å². The molecule has 0 saturated carbocycles. The number of ether oxygens (including phenoxy) is 1. The van der Waals surface area contributed by atoms with Crippen LogP contribution < -0.4 is 0 Å². The summed E-state index contributed by atoms with van der Waals surface area (Å²) in [5.74, 6) is 0. The largest absolute Gasteiger partial charge is 0.374 e. The second-order valence-electron chi connectivity index (χ2n) is 4.17. The Morgan fingerprint density at radius 2 is 2.00 bits per heavy atom. The average molecular weight is 189 g/mol. The minimum atomic E-state index is -0.723. The second kappa shape index (κ2) is 4.38. The molecule has 1 fully saturated rings. The number of likely N-dealkylation sites (N-methyl/N-ethyl adjacent to an activating group) is 1. The number of likely N-dealkylation sites (tertiary alicyclic amines) is 1. The summed E-state index contributed by atoms with van der Waals surface area (Å²) >= 11 is 0. The molecule has 78 valence electrons. The molecule has 1 saturated heterocycles. The van der Waals surface area contributed by atoms with Crippen molar-refractivity contribution in [2.75, 3.05) is 13.6 Å². The van der Waals surface area contributed by atoms with Gasteiger partial charge < -0.3 is 4.74 Å². The van der Waals surface area contributed by atoms with Crippen molar-refractivity contribution in [1.82, 2.24) is 4.90 Å². The fourth-order valence-corrected chi connectivity index (χ4v) is 2.09. The molecule has 3 heteroatoms. The maximum atomic E-state index is 13.4. The number of rotatable bonds is 3. The second-order valence-corrected chi connectivity index (χ2v) is 4.17. The number of alkyl halides is 1. The Morgan fingerprint density at radius 3 is 2.38 bits per heavy atom. The van der Waals surface area contributed by atoms with Crippen LogP contribution in [0.15, 0.2) is 0 Å². The van der Waals surface area contributed by atoms with Crippen molar-refractivity contribution in [2.45, 2.75) is 51.6 Å². The summed E-state index contributed by atoms with van der Waals surface area (Å²) < 4.78 is 19.0. The van der Waals surface area contributed by atoms with Crippen molar-refractivity contribution < 1.29 is 9.13 Å². The third-order valence-corrected chi connectivity index (χ3v) is 2.60. The summed E-state index contributed by atoms with van der Waals surface area (Å²) in [6.45, 7) is 6.77. The molecule has 1 aliphatic rings. The highest BCUT2D eigenvalue weighted by Gasteiger charge is 2.36. The molecule has 0 bridgehead atoms. The monoisotopic (exact) mass is 189 g/mol. The molecule has 1 rings (SSSR count). The summed E-state index contributed by atoms with van der Waals surface area (Å²) in [6, 6.07) is -0.0533. The minimum Gasteiger partial charge on any atom is -0.374 e. The number of halogens is 1. The van der Waals surface area contributed by atoms with Gasteiger partial charge in [-0.05, 0) is 34.2 Å². The van der Waals surface area contributed by atoms with Gasteiger partial charge in [0, 0.05) is 6.54 Å². The maximum absolute atomic E-state index is 13.4. The lowest BCUT2D eigenvalue weighted by Gasteiger charge is -2.28. The molecule has 1 aliphatic heterocycles. The quantitative estimate of drug-likeness (QED) is 0.671. The first-order valence-corrected chi connectivity index (χ1v) is 5.02. The molecular weight excluding hydrogens is 169 g/mol. The van der Waals surface area contributed by atoms with Crippen LogP contribution in [0.4, 0.5) is 4.39 Å². The van der Waals surface area contributed by atoms with E-state index in [1.807, 2.05) is 27.8 Å². The molecule has 0 unspecified atom stereocenters. The molecule has 0 spiro atoms. The molecule has 0 aromatic rings. The van der Waals surface area contributed by atoms with Crippen LogP contribution in [0.25, 0.3) is 0 Å². The smallest absolute Gasteiger partial charge is 0.119 e. The highest BCUT2D eigenvalue weighted by Crippen LogP contribution is 2.23. The first-order chi connectivity index (χ1) is 6.02. The van der Waals surface area contributed by atoms with E-state index in [2.05, 4.69) is 4.90 Å². The number of hydrogen-bond donors (Lipinski definition) is 0. The third kappa shape index (κ3) is 2.64. The molecule has 1 heterocycles. The summed E-state index contributed by atoms with van der Waals surface area (Å²) in [4.78, 5) is 2.05. The van der Waals surface area contributed by atoms with Crippen LogP contribution in [0.5, 0.6) is 0 Å². The van der Waals surface area contributed by atoms with E-state index >= 15 is 0 Å². The molecule has 0 aromatic heterocycles. The standard InChI is InChI=1S/C10H20FNO/c1-7(2)13-8(3)10-9(11)5-6-12(10)4/h7-10H,5-6H2,1-4H3/t8-,9+,10+/m0/s1. The van der Waals surface area contributed by atoms with Gasteiger partial charge in [-0.1, -0.05) is 0 Å². The minimum absolute atomic E-state index is 0.0116. The molecular formula is C10H20FNO. The highest BCUT2D eigenvalue weighted by atomic mass is 19.1. The van der Waals surface area contributed by atoms with Gasteiger partial charge in [0.2, 0.25) is 0 Å². The first kappa shape index (κ1) is 10.9. The zero-order valence-electron chi connectivity index (χ0n) is 8.96. The normalized spacial score (nSPS) is 32.8. The Hall–Kier alpha value is -0.150. The van der Waals surface area contributed by atoms with E-state index in [0.29, 0.717) is 6.42 Å². The summed E-state index contributed by atoms with van der Waals surface area (Å²) in [6.07, 6.45) is 0.0879. The number of hydrogen-bond acceptors (Lipinski definition) is 2. The van der Waals surface area contributed by atoms with E-state index in [-0.39, 0.29) is 18.2 Å². The van der Waals surface area contributed by atoms with E-state index in [0.717, 1.165) is 6.54 Å². The van der Waals surface area contributed by atoms with Gasteiger partial charge in [-0.2, -0.15) is 0 Å². The van der Waals surface area contributed by atoms with Crippen molar-refractivity contribution in [3.63, 3.8) is 0 Å². The third-order valence-electron chi connectivity index (χ3n) is 2.60. The lowest BCUT2D eigenvalue weighted by molar-refractivity contribution is -0.0339. The van der Waals surface area contributed by atoms with Gasteiger partial charge >= 0.3 is 0 Å². The van der Waals surface area contributed by atoms with Gasteiger partial charge in [0.25, 0.3) is 0 Å². The Balaban J connectivity index is 2.48. The predicted octanol–water partition coefficient (Wildman–Crippen LogP) is 1.84. The predicted molar refractivity (Wildman–Crippen MR) is 51.6 cm³/mol. The molecule has 13 heavy (non-hydrogen) atoms. The average Bonchev–Trinajstić information content (AvgIpc) is 2.29. The SMILES string of the molecule is CC(C)O[C@@H](C)[C@@H]1[C@H](F)CCN1C. The highest BCUT2D eigenvalue weighted by molar-refractivity contribution is 4.89. The van der Waals surface area contributed by atoms with Crippen molar-refractivity contribution in [3.05, 3.63) is 0 Å². The van der Waals surface area contributed by atoms with Gasteiger partial charge in [-0.15, -0.1) is 0 Å². The van der Waals surface area contributed by atoms with E-state index in [1.54, 1.807) is 0 Å². The lowest BCUT2D eigenvalue weighted by atomic mass is 10.1. The van der Waals surface area contributed by atoms with Crippen LogP contribution in [-0.4, -0.2) is 42.9 Å². The zero-order valence-corrected chi connectivity index (χ0v) is 8.96. The van der Waals surface area contributed by atoms with Gasteiger partial charge in [0.1, 0.15) is 6.17 Å². The first-order valence-electron chi connectivity index (χ1n) is 5.02. The van der Waals surface area contributed by atoms with Crippen LogP contribution >= 0.6 is 0 Å². The Morgan fingerprint density at radius 1 is 1.38 bits per heavy atom. The molecule has 0 N–H and O–H groups in total. The summed E-state index contributed by atoms with van der Waals surface area (Å²) in [7, 11) is 1.96. The molecule has 0 aliphatic carbocycles. The van der Waals surface area contributed by atoms with Gasteiger partial charge in [-0.25, -0.2) is 4.39 Å². The van der Waals surface area contributed by atoms with Gasteiger partial charge in [-0.3, -0.25) is 4.90 Å². The summed E-state index contributed by atoms with van der Waals surface area (Å²) in [5.41, 5.74) is 0. The Labute approximate surface area is 80.1 Å². The Bertz CT molecular complexity index is 153. The van der Waals surface area contributed by atoms with Crippen molar-refractivity contribution in [1.29, 1.82) is 0 Å². The van der Waals surface area contributed by atoms with E-state index in [4.69, 9.17) is 4.74 Å². The molecule has 2 nitrogen and oxygen atoms in total. The summed E-state index contributed by atoms with van der Waals surface area (Å²) in [5, 5.41) is 0. The van der Waals surface area contributed by atoms with E-state index in [9.17, 15) is 4.39 Å². The zero-order chi connectivity index (χ0) is 10.0. The van der Waals surface area contributed by atoms with E-state index in [1.165, 1.54) is 0 Å². The van der Waals surface area contributed by atoms with Crippen molar-refractivity contribution in [2.24, 2.45) is 0 Å². The van der Waals surface area contributed by atoms with Gasteiger partial charge in [0.15, 0.2) is 0 Å². The lowest BCUT2D eigenvalue weighted by Crippen LogP contribution is -2.42. The van der Waals surface area contributed by atoms with Crippen molar-refractivity contribution >= 4 is 0 Å². The fraction of sp³-hybridized carbons (Fsp3) is 1.00. The van der Waals surface area contributed by atoms with Crippen LogP contribution in [0.3, 0.4) is 0 Å². The van der Waals surface area contributed by atoms with Crippen LogP contribution in [0.2, 0.25) is 0 Å². The molecule has 0 aromatic carbocycles. The Kier molecular flexibility index (Phi) is 3.68. The fourth-order valence-electron chi connectivity index (χ4n) is 2.09. The van der Waals surface area contributed by atoms with Crippen molar-refractivity contribution in [3.8, 4) is 0 Å². The molecule has 0 radical (unpaired) electrons. The maximum Gasteiger partial charge on any atom is 0.119 e. The van der Waals surface area contributed by atoms with Crippen LogP contribution in [0.1, 0.15) is 27.2 Å². The number of nitrogens with zero attached hydrogens (tertiary/aromatic N) is 1. The van der Waals surface area contributed by atoms with Crippen LogP contribution in [0, 0.1) is 0 Å². The van der Waals surface area contributed by atoms with Gasteiger partial charge in [0.05, 0.1) is 18.2 Å².